The average Bonchev–Trinajstić information content (AvgIpc) is 2.12. The lowest BCUT2D eigenvalue weighted by Crippen LogP contribution is -2.43. The van der Waals surface area contributed by atoms with E-state index in [1.54, 1.807) is 20.8 Å². The predicted molar refractivity (Wildman–Crippen MR) is 66.0 cm³/mol. The molecule has 7 heteroatoms. The molecule has 0 aromatic rings. The summed E-state index contributed by atoms with van der Waals surface area (Å²) in [5.74, 6) is -1.26. The van der Waals surface area contributed by atoms with Gasteiger partial charge in [-0.2, -0.15) is 0 Å². The molecule has 0 bridgehead atoms. The van der Waals surface area contributed by atoms with E-state index in [1.165, 1.54) is 11.8 Å². The Kier molecular flexibility index (Phi) is 7.36. The summed E-state index contributed by atoms with van der Waals surface area (Å²) >= 11 is 1.20. The van der Waals surface area contributed by atoms with E-state index in [9.17, 15) is 14.4 Å². The SMILES string of the molecule is CC(C)NC(=O)NC(=O)CSC(C)CC(=O)O. The van der Waals surface area contributed by atoms with Gasteiger partial charge in [-0.25, -0.2) is 4.79 Å². The molecule has 3 N–H and O–H groups in total. The summed E-state index contributed by atoms with van der Waals surface area (Å²) in [5, 5.41) is 13.0. The fraction of sp³-hybridized carbons (Fsp3) is 0.700. The van der Waals surface area contributed by atoms with E-state index in [-0.39, 0.29) is 23.5 Å². The van der Waals surface area contributed by atoms with Gasteiger partial charge < -0.3 is 10.4 Å². The highest BCUT2D eigenvalue weighted by Crippen LogP contribution is 2.13. The second-order valence-corrected chi connectivity index (χ2v) is 5.32. The van der Waals surface area contributed by atoms with Gasteiger partial charge in [-0.1, -0.05) is 6.92 Å². The second kappa shape index (κ2) is 7.94. The Morgan fingerprint density at radius 2 is 1.82 bits per heavy atom. The van der Waals surface area contributed by atoms with Crippen molar-refractivity contribution < 1.29 is 19.5 Å². The highest BCUT2D eigenvalue weighted by Gasteiger charge is 2.12. The van der Waals surface area contributed by atoms with Crippen LogP contribution in [-0.2, 0) is 9.59 Å². The Labute approximate surface area is 105 Å². The number of carbonyl (C=O) groups is 3. The molecule has 0 spiro atoms. The maximum atomic E-state index is 11.3. The van der Waals surface area contributed by atoms with Crippen LogP contribution in [0.25, 0.3) is 0 Å². The van der Waals surface area contributed by atoms with Gasteiger partial charge >= 0.3 is 12.0 Å². The summed E-state index contributed by atoms with van der Waals surface area (Å²) in [5.41, 5.74) is 0. The number of aliphatic carboxylic acids is 1. The van der Waals surface area contributed by atoms with E-state index >= 15 is 0 Å². The van der Waals surface area contributed by atoms with Gasteiger partial charge in [0.25, 0.3) is 0 Å². The lowest BCUT2D eigenvalue weighted by atomic mass is 10.3. The maximum absolute atomic E-state index is 11.3. The topological polar surface area (TPSA) is 95.5 Å². The number of imide groups is 1. The highest BCUT2D eigenvalue weighted by atomic mass is 32.2. The molecule has 0 aliphatic heterocycles. The first-order valence-electron chi connectivity index (χ1n) is 5.25. The van der Waals surface area contributed by atoms with Crippen LogP contribution in [0.1, 0.15) is 27.2 Å². The fourth-order valence-electron chi connectivity index (χ4n) is 0.984. The lowest BCUT2D eigenvalue weighted by Gasteiger charge is -2.10. The van der Waals surface area contributed by atoms with Gasteiger partial charge in [0.05, 0.1) is 12.2 Å². The Morgan fingerprint density at radius 1 is 1.24 bits per heavy atom. The summed E-state index contributed by atoms with van der Waals surface area (Å²) < 4.78 is 0. The first kappa shape index (κ1) is 15.8. The molecule has 0 fully saturated rings. The molecular weight excluding hydrogens is 244 g/mol. The van der Waals surface area contributed by atoms with Crippen LogP contribution in [0.4, 0.5) is 4.79 Å². The van der Waals surface area contributed by atoms with Crippen molar-refractivity contribution in [3.63, 3.8) is 0 Å². The Bertz CT molecular complexity index is 294. The van der Waals surface area contributed by atoms with Gasteiger partial charge in [0, 0.05) is 11.3 Å². The molecule has 0 aliphatic carbocycles. The van der Waals surface area contributed by atoms with Crippen LogP contribution in [-0.4, -0.2) is 40.1 Å². The molecule has 0 heterocycles. The minimum absolute atomic E-state index is 0.00383. The van der Waals surface area contributed by atoms with Crippen molar-refractivity contribution in [1.29, 1.82) is 0 Å². The van der Waals surface area contributed by atoms with Crippen LogP contribution in [0.2, 0.25) is 0 Å². The molecule has 3 amide bonds. The average molecular weight is 262 g/mol. The van der Waals surface area contributed by atoms with Crippen molar-refractivity contribution >= 4 is 29.7 Å². The van der Waals surface area contributed by atoms with Crippen molar-refractivity contribution in [1.82, 2.24) is 10.6 Å². The molecule has 1 atom stereocenters. The monoisotopic (exact) mass is 262 g/mol. The number of carboxylic acids is 1. The Balaban J connectivity index is 3.79. The van der Waals surface area contributed by atoms with Crippen molar-refractivity contribution in [2.24, 2.45) is 0 Å². The van der Waals surface area contributed by atoms with Gasteiger partial charge in [-0.15, -0.1) is 11.8 Å². The van der Waals surface area contributed by atoms with Gasteiger partial charge in [-0.3, -0.25) is 14.9 Å². The smallest absolute Gasteiger partial charge is 0.321 e. The summed E-state index contributed by atoms with van der Waals surface area (Å²) in [7, 11) is 0. The summed E-state index contributed by atoms with van der Waals surface area (Å²) in [6, 6.07) is -0.571. The van der Waals surface area contributed by atoms with Gasteiger partial charge in [-0.05, 0) is 13.8 Å². The number of amides is 3. The van der Waals surface area contributed by atoms with Crippen molar-refractivity contribution in [3.05, 3.63) is 0 Å². The molecule has 0 saturated heterocycles. The molecule has 17 heavy (non-hydrogen) atoms. The van der Waals surface area contributed by atoms with Crippen molar-refractivity contribution in [2.45, 2.75) is 38.5 Å². The van der Waals surface area contributed by atoms with Crippen molar-refractivity contribution in [2.75, 3.05) is 5.75 Å². The molecule has 6 nitrogen and oxygen atoms in total. The predicted octanol–water partition coefficient (Wildman–Crippen LogP) is 0.817. The number of carbonyl (C=O) groups excluding carboxylic acids is 2. The third kappa shape index (κ3) is 9.68. The summed E-state index contributed by atoms with van der Waals surface area (Å²) in [6.45, 7) is 5.29. The molecule has 0 saturated carbocycles. The number of carboxylic acid groups (broad SMARTS) is 1. The zero-order chi connectivity index (χ0) is 13.4. The molecule has 1 unspecified atom stereocenters. The van der Waals surface area contributed by atoms with Gasteiger partial charge in [0.2, 0.25) is 5.91 Å². The molecule has 0 aromatic carbocycles. The first-order valence-corrected chi connectivity index (χ1v) is 6.30. The van der Waals surface area contributed by atoms with Crippen LogP contribution in [0.5, 0.6) is 0 Å². The molecule has 0 aliphatic rings. The normalized spacial score (nSPS) is 12.0. The third-order valence-electron chi connectivity index (χ3n) is 1.63. The third-order valence-corrected chi connectivity index (χ3v) is 2.80. The minimum Gasteiger partial charge on any atom is -0.481 e. The number of rotatable bonds is 6. The van der Waals surface area contributed by atoms with E-state index < -0.39 is 17.9 Å². The maximum Gasteiger partial charge on any atom is 0.321 e. The molecule has 98 valence electrons. The Hall–Kier alpha value is -1.24. The second-order valence-electron chi connectivity index (χ2n) is 3.90. The lowest BCUT2D eigenvalue weighted by molar-refractivity contribution is -0.136. The highest BCUT2D eigenvalue weighted by molar-refractivity contribution is 8.00. The van der Waals surface area contributed by atoms with E-state index in [0.717, 1.165) is 0 Å². The quantitative estimate of drug-likeness (QED) is 0.658. The van der Waals surface area contributed by atoms with Crippen LogP contribution >= 0.6 is 11.8 Å². The minimum atomic E-state index is -0.900. The number of nitrogens with one attached hydrogen (secondary N) is 2. The van der Waals surface area contributed by atoms with Gasteiger partial charge in [0.15, 0.2) is 0 Å². The van der Waals surface area contributed by atoms with Crippen LogP contribution < -0.4 is 10.6 Å². The van der Waals surface area contributed by atoms with E-state index in [4.69, 9.17) is 5.11 Å². The van der Waals surface area contributed by atoms with Crippen molar-refractivity contribution in [3.8, 4) is 0 Å². The fourth-order valence-corrected chi connectivity index (χ4v) is 1.75. The van der Waals surface area contributed by atoms with Gasteiger partial charge in [0.1, 0.15) is 0 Å². The molecule has 0 radical (unpaired) electrons. The Morgan fingerprint density at radius 3 is 2.29 bits per heavy atom. The largest absolute Gasteiger partial charge is 0.481 e. The van der Waals surface area contributed by atoms with Crippen LogP contribution in [0.3, 0.4) is 0 Å². The molecular formula is C10H18N2O4S. The summed E-state index contributed by atoms with van der Waals surface area (Å²) in [4.78, 5) is 32.8. The summed E-state index contributed by atoms with van der Waals surface area (Å²) in [6.07, 6.45) is -0.00383. The number of thioether (sulfide) groups is 1. The molecule has 0 aromatic heterocycles. The molecule has 0 rings (SSSR count). The van der Waals surface area contributed by atoms with E-state index in [2.05, 4.69) is 10.6 Å². The van der Waals surface area contributed by atoms with E-state index in [1.807, 2.05) is 0 Å². The number of hydrogen-bond acceptors (Lipinski definition) is 4. The number of hydrogen-bond donors (Lipinski definition) is 3. The zero-order valence-electron chi connectivity index (χ0n) is 10.1. The number of urea groups is 1. The van der Waals surface area contributed by atoms with Crippen LogP contribution in [0.15, 0.2) is 0 Å². The standard InChI is InChI=1S/C10H18N2O4S/c1-6(2)11-10(16)12-8(13)5-17-7(3)4-9(14)15/h6-7H,4-5H2,1-3H3,(H,14,15)(H2,11,12,13,16). The zero-order valence-corrected chi connectivity index (χ0v) is 11.0. The van der Waals surface area contributed by atoms with Crippen LogP contribution in [0, 0.1) is 0 Å². The first-order chi connectivity index (χ1) is 7.81. The van der Waals surface area contributed by atoms with E-state index in [0.29, 0.717) is 0 Å².